The second-order valence-electron chi connectivity index (χ2n) is 6.02. The maximum atomic E-state index is 12.4. The number of nitrogens with one attached hydrogen (secondary N) is 2. The number of rotatable bonds is 6. The minimum absolute atomic E-state index is 0.0310. The SMILES string of the molecule is O=C(Nc1ccc(OC(F)(F)F)cc1)c1ccc(S(=O)(=O)Nc2ccccc2)cc1. The Hall–Kier alpha value is -3.53. The van der Waals surface area contributed by atoms with Gasteiger partial charge in [0.2, 0.25) is 0 Å². The third-order valence-electron chi connectivity index (χ3n) is 3.80. The molecule has 0 bridgehead atoms. The molecule has 0 saturated heterocycles. The zero-order valence-electron chi connectivity index (χ0n) is 15.2. The largest absolute Gasteiger partial charge is 0.573 e. The molecule has 30 heavy (non-hydrogen) atoms. The van der Waals surface area contributed by atoms with Crippen molar-refractivity contribution in [1.82, 2.24) is 0 Å². The molecule has 0 aliphatic carbocycles. The van der Waals surface area contributed by atoms with Crippen molar-refractivity contribution in [2.75, 3.05) is 10.0 Å². The number of carbonyl (C=O) groups is 1. The van der Waals surface area contributed by atoms with E-state index in [1.54, 1.807) is 30.3 Å². The van der Waals surface area contributed by atoms with E-state index in [2.05, 4.69) is 14.8 Å². The van der Waals surface area contributed by atoms with Crippen LogP contribution in [0.25, 0.3) is 0 Å². The Morgan fingerprint density at radius 1 is 0.800 bits per heavy atom. The van der Waals surface area contributed by atoms with E-state index in [0.29, 0.717) is 5.69 Å². The summed E-state index contributed by atoms with van der Waals surface area (Å²) >= 11 is 0. The van der Waals surface area contributed by atoms with Crippen LogP contribution in [0, 0.1) is 0 Å². The smallest absolute Gasteiger partial charge is 0.406 e. The second-order valence-corrected chi connectivity index (χ2v) is 7.70. The van der Waals surface area contributed by atoms with E-state index >= 15 is 0 Å². The fourth-order valence-corrected chi connectivity index (χ4v) is 3.51. The van der Waals surface area contributed by atoms with E-state index < -0.39 is 28.0 Å². The summed E-state index contributed by atoms with van der Waals surface area (Å²) in [5.41, 5.74) is 0.818. The Labute approximate surface area is 170 Å². The molecule has 10 heteroatoms. The number of para-hydroxylation sites is 1. The molecule has 0 atom stereocenters. The summed E-state index contributed by atoms with van der Waals surface area (Å²) in [4.78, 5) is 12.3. The summed E-state index contributed by atoms with van der Waals surface area (Å²) in [6, 6.07) is 18.2. The molecule has 0 spiro atoms. The van der Waals surface area contributed by atoms with Crippen LogP contribution in [0.3, 0.4) is 0 Å². The zero-order valence-corrected chi connectivity index (χ0v) is 16.0. The quantitative estimate of drug-likeness (QED) is 0.590. The Bertz CT molecular complexity index is 1120. The van der Waals surface area contributed by atoms with E-state index in [9.17, 15) is 26.4 Å². The molecule has 6 nitrogen and oxygen atoms in total. The molecule has 156 valence electrons. The normalized spacial score (nSPS) is 11.6. The topological polar surface area (TPSA) is 84.5 Å². The standard InChI is InChI=1S/C20H15F3N2O4S/c21-20(22,23)29-17-10-8-15(9-11-17)24-19(26)14-6-12-18(13-7-14)30(27,28)25-16-4-2-1-3-5-16/h1-13,25H,(H,24,26). The Balaban J connectivity index is 1.66. The summed E-state index contributed by atoms with van der Waals surface area (Å²) in [7, 11) is -3.82. The molecule has 2 N–H and O–H groups in total. The lowest BCUT2D eigenvalue weighted by Crippen LogP contribution is -2.17. The van der Waals surface area contributed by atoms with Gasteiger partial charge in [0.15, 0.2) is 0 Å². The number of anilines is 2. The van der Waals surface area contributed by atoms with Crippen LogP contribution in [0.4, 0.5) is 24.5 Å². The van der Waals surface area contributed by atoms with Crippen LogP contribution in [0.1, 0.15) is 10.4 Å². The summed E-state index contributed by atoms with van der Waals surface area (Å²) in [5, 5.41) is 2.51. The van der Waals surface area contributed by atoms with Crippen LogP contribution >= 0.6 is 0 Å². The molecule has 3 aromatic rings. The number of alkyl halides is 3. The van der Waals surface area contributed by atoms with Crippen molar-refractivity contribution in [2.45, 2.75) is 11.3 Å². The predicted molar refractivity (Wildman–Crippen MR) is 105 cm³/mol. The molecule has 0 aliphatic heterocycles. The molecule has 0 unspecified atom stereocenters. The van der Waals surface area contributed by atoms with Crippen molar-refractivity contribution >= 4 is 27.3 Å². The summed E-state index contributed by atoms with van der Waals surface area (Å²) in [5.74, 6) is -0.972. The number of amides is 1. The third-order valence-corrected chi connectivity index (χ3v) is 5.20. The molecule has 1 amide bonds. The molecule has 0 fully saturated rings. The molecule has 3 aromatic carbocycles. The second kappa shape index (κ2) is 8.46. The van der Waals surface area contributed by atoms with Crippen molar-refractivity contribution in [1.29, 1.82) is 0 Å². The van der Waals surface area contributed by atoms with Crippen LogP contribution in [0.5, 0.6) is 5.75 Å². The van der Waals surface area contributed by atoms with Crippen molar-refractivity contribution in [3.8, 4) is 5.75 Å². The molecule has 0 aromatic heterocycles. The average Bonchev–Trinajstić information content (AvgIpc) is 2.69. The lowest BCUT2D eigenvalue weighted by Gasteiger charge is -2.10. The lowest BCUT2D eigenvalue weighted by molar-refractivity contribution is -0.274. The van der Waals surface area contributed by atoms with Crippen LogP contribution in [-0.4, -0.2) is 20.7 Å². The first-order valence-corrected chi connectivity index (χ1v) is 9.96. The van der Waals surface area contributed by atoms with Gasteiger partial charge in [-0.05, 0) is 60.7 Å². The van der Waals surface area contributed by atoms with Crippen LogP contribution in [-0.2, 0) is 10.0 Å². The van der Waals surface area contributed by atoms with Crippen molar-refractivity contribution in [3.63, 3.8) is 0 Å². The fraction of sp³-hybridized carbons (Fsp3) is 0.0500. The van der Waals surface area contributed by atoms with Gasteiger partial charge in [0.05, 0.1) is 4.90 Å². The van der Waals surface area contributed by atoms with Crippen molar-refractivity contribution in [2.24, 2.45) is 0 Å². The van der Waals surface area contributed by atoms with E-state index in [1.165, 1.54) is 36.4 Å². The number of ether oxygens (including phenoxy) is 1. The van der Waals surface area contributed by atoms with Gasteiger partial charge in [0.1, 0.15) is 5.75 Å². The van der Waals surface area contributed by atoms with E-state index in [4.69, 9.17) is 0 Å². The predicted octanol–water partition coefficient (Wildman–Crippen LogP) is 4.64. The Morgan fingerprint density at radius 3 is 1.97 bits per heavy atom. The van der Waals surface area contributed by atoms with Gasteiger partial charge in [0.25, 0.3) is 15.9 Å². The maximum absolute atomic E-state index is 12.4. The number of halogens is 3. The third kappa shape index (κ3) is 5.74. The van der Waals surface area contributed by atoms with Gasteiger partial charge in [-0.15, -0.1) is 13.2 Å². The molecular weight excluding hydrogens is 421 g/mol. The summed E-state index contributed by atoms with van der Waals surface area (Å²) in [6.07, 6.45) is -4.80. The monoisotopic (exact) mass is 436 g/mol. The van der Waals surface area contributed by atoms with Gasteiger partial charge in [-0.3, -0.25) is 9.52 Å². The van der Waals surface area contributed by atoms with Crippen molar-refractivity contribution in [3.05, 3.63) is 84.4 Å². The van der Waals surface area contributed by atoms with Gasteiger partial charge in [0, 0.05) is 16.9 Å². The first-order chi connectivity index (χ1) is 14.1. The summed E-state index contributed by atoms with van der Waals surface area (Å²) < 4.78 is 67.5. The van der Waals surface area contributed by atoms with Gasteiger partial charge in [-0.2, -0.15) is 0 Å². The van der Waals surface area contributed by atoms with Gasteiger partial charge < -0.3 is 10.1 Å². The molecule has 0 aliphatic rings. The number of hydrogen-bond acceptors (Lipinski definition) is 4. The molecular formula is C20H15F3N2O4S. The molecule has 0 saturated carbocycles. The van der Waals surface area contributed by atoms with Crippen LogP contribution in [0.15, 0.2) is 83.8 Å². The Morgan fingerprint density at radius 2 is 1.40 bits per heavy atom. The minimum Gasteiger partial charge on any atom is -0.406 e. The zero-order chi connectivity index (χ0) is 21.8. The minimum atomic E-state index is -4.80. The molecule has 0 radical (unpaired) electrons. The first kappa shape index (κ1) is 21.2. The van der Waals surface area contributed by atoms with Gasteiger partial charge >= 0.3 is 6.36 Å². The summed E-state index contributed by atoms with van der Waals surface area (Å²) in [6.45, 7) is 0. The van der Waals surface area contributed by atoms with Crippen LogP contribution in [0.2, 0.25) is 0 Å². The number of carbonyl (C=O) groups excluding carboxylic acids is 1. The highest BCUT2D eigenvalue weighted by atomic mass is 32.2. The van der Waals surface area contributed by atoms with Crippen LogP contribution < -0.4 is 14.8 Å². The molecule has 0 heterocycles. The van der Waals surface area contributed by atoms with Crippen molar-refractivity contribution < 1.29 is 31.1 Å². The fourth-order valence-electron chi connectivity index (χ4n) is 2.45. The van der Waals surface area contributed by atoms with E-state index in [1.807, 2.05) is 0 Å². The van der Waals surface area contributed by atoms with Gasteiger partial charge in [-0.1, -0.05) is 18.2 Å². The lowest BCUT2D eigenvalue weighted by atomic mass is 10.2. The number of hydrogen-bond donors (Lipinski definition) is 2. The highest BCUT2D eigenvalue weighted by Gasteiger charge is 2.31. The average molecular weight is 436 g/mol. The number of benzene rings is 3. The highest BCUT2D eigenvalue weighted by Crippen LogP contribution is 2.24. The van der Waals surface area contributed by atoms with E-state index in [-0.39, 0.29) is 16.1 Å². The maximum Gasteiger partial charge on any atom is 0.573 e. The Kier molecular flexibility index (Phi) is 5.97. The number of sulfonamides is 1. The highest BCUT2D eigenvalue weighted by molar-refractivity contribution is 7.92. The molecule has 3 rings (SSSR count). The van der Waals surface area contributed by atoms with E-state index in [0.717, 1.165) is 12.1 Å². The van der Waals surface area contributed by atoms with Gasteiger partial charge in [-0.25, -0.2) is 8.42 Å². The first-order valence-electron chi connectivity index (χ1n) is 8.47.